The zero-order chi connectivity index (χ0) is 17.1. The maximum absolute atomic E-state index is 12.3. The van der Waals surface area contributed by atoms with Crippen LogP contribution in [0.5, 0.6) is 11.5 Å². The molecule has 2 heterocycles. The van der Waals surface area contributed by atoms with Crippen molar-refractivity contribution in [3.8, 4) is 11.5 Å². The lowest BCUT2D eigenvalue weighted by Crippen LogP contribution is -2.31. The molecule has 0 radical (unpaired) electrons. The van der Waals surface area contributed by atoms with E-state index in [0.29, 0.717) is 28.6 Å². The lowest BCUT2D eigenvalue weighted by atomic mass is 10.2. The van der Waals surface area contributed by atoms with Gasteiger partial charge >= 0.3 is 12.0 Å². The van der Waals surface area contributed by atoms with Gasteiger partial charge in [0.05, 0.1) is 12.8 Å². The molecule has 0 aliphatic carbocycles. The first kappa shape index (κ1) is 16.1. The monoisotopic (exact) mass is 348 g/mol. The van der Waals surface area contributed by atoms with Crippen LogP contribution in [0.4, 0.5) is 10.5 Å². The predicted molar refractivity (Wildman–Crippen MR) is 88.7 cm³/mol. The number of nitrogens with one attached hydrogen (secondary N) is 1. The highest BCUT2D eigenvalue weighted by molar-refractivity contribution is 7.12. The standard InChI is InChI=1S/C16H16N2O5S/c1-18(8-10-3-4-12-13(7-10)23-9-22-12)16(20)17-11-5-6-24-14(11)15(19)21-2/h3-7H,8-9H2,1-2H3,(H,17,20). The lowest BCUT2D eigenvalue weighted by Gasteiger charge is -2.18. The summed E-state index contributed by atoms with van der Waals surface area (Å²) in [5.41, 5.74) is 1.35. The first-order valence-electron chi connectivity index (χ1n) is 7.15. The van der Waals surface area contributed by atoms with E-state index >= 15 is 0 Å². The summed E-state index contributed by atoms with van der Waals surface area (Å²) in [5, 5.41) is 4.44. The molecular formula is C16H16N2O5S. The minimum absolute atomic E-state index is 0.212. The molecule has 2 amide bonds. The number of urea groups is 1. The fourth-order valence-electron chi connectivity index (χ4n) is 2.25. The smallest absolute Gasteiger partial charge is 0.350 e. The topological polar surface area (TPSA) is 77.1 Å². The van der Waals surface area contributed by atoms with Gasteiger partial charge in [-0.1, -0.05) is 6.07 Å². The summed E-state index contributed by atoms with van der Waals surface area (Å²) >= 11 is 1.22. The molecule has 0 saturated carbocycles. The summed E-state index contributed by atoms with van der Waals surface area (Å²) in [4.78, 5) is 25.8. The highest BCUT2D eigenvalue weighted by atomic mass is 32.1. The molecule has 1 aromatic heterocycles. The fraction of sp³-hybridized carbons (Fsp3) is 0.250. The molecule has 0 unspecified atom stereocenters. The number of hydrogen-bond acceptors (Lipinski definition) is 6. The molecule has 1 N–H and O–H groups in total. The minimum atomic E-state index is -0.473. The van der Waals surface area contributed by atoms with Crippen LogP contribution >= 0.6 is 11.3 Å². The Morgan fingerprint density at radius 2 is 2.08 bits per heavy atom. The van der Waals surface area contributed by atoms with E-state index in [2.05, 4.69) is 5.32 Å². The van der Waals surface area contributed by atoms with Crippen molar-refractivity contribution in [1.82, 2.24) is 4.90 Å². The van der Waals surface area contributed by atoms with E-state index in [0.717, 1.165) is 5.56 Å². The van der Waals surface area contributed by atoms with Crippen molar-refractivity contribution in [2.24, 2.45) is 0 Å². The van der Waals surface area contributed by atoms with Crippen molar-refractivity contribution in [2.45, 2.75) is 6.54 Å². The molecule has 2 aromatic rings. The molecule has 7 nitrogen and oxygen atoms in total. The largest absolute Gasteiger partial charge is 0.465 e. The van der Waals surface area contributed by atoms with Gasteiger partial charge in [-0.15, -0.1) is 11.3 Å². The van der Waals surface area contributed by atoms with Crippen LogP contribution in [0.2, 0.25) is 0 Å². The van der Waals surface area contributed by atoms with Crippen molar-refractivity contribution in [1.29, 1.82) is 0 Å². The number of rotatable bonds is 4. The minimum Gasteiger partial charge on any atom is -0.465 e. The van der Waals surface area contributed by atoms with E-state index in [9.17, 15) is 9.59 Å². The van der Waals surface area contributed by atoms with Gasteiger partial charge in [-0.3, -0.25) is 0 Å². The molecule has 24 heavy (non-hydrogen) atoms. The molecule has 1 aliphatic rings. The van der Waals surface area contributed by atoms with Crippen molar-refractivity contribution < 1.29 is 23.8 Å². The van der Waals surface area contributed by atoms with Gasteiger partial charge in [0.15, 0.2) is 11.5 Å². The first-order valence-corrected chi connectivity index (χ1v) is 8.03. The van der Waals surface area contributed by atoms with E-state index in [-0.39, 0.29) is 12.8 Å². The SMILES string of the molecule is COC(=O)c1sccc1NC(=O)N(C)Cc1ccc2c(c1)OCO2. The zero-order valence-corrected chi connectivity index (χ0v) is 14.0. The third kappa shape index (κ3) is 3.28. The molecule has 0 saturated heterocycles. The van der Waals surface area contributed by atoms with Crippen LogP contribution in [0.25, 0.3) is 0 Å². The summed E-state index contributed by atoms with van der Waals surface area (Å²) in [6.45, 7) is 0.601. The third-order valence-electron chi connectivity index (χ3n) is 3.48. The van der Waals surface area contributed by atoms with E-state index < -0.39 is 5.97 Å². The summed E-state index contributed by atoms with van der Waals surface area (Å²) in [7, 11) is 2.98. The van der Waals surface area contributed by atoms with E-state index in [1.807, 2.05) is 18.2 Å². The van der Waals surface area contributed by atoms with Crippen molar-refractivity contribution in [3.05, 3.63) is 40.1 Å². The zero-order valence-electron chi connectivity index (χ0n) is 13.2. The Kier molecular flexibility index (Phi) is 4.57. The summed E-state index contributed by atoms with van der Waals surface area (Å²) in [6.07, 6.45) is 0. The molecular weight excluding hydrogens is 332 g/mol. The van der Waals surface area contributed by atoms with Gasteiger partial charge in [-0.05, 0) is 29.1 Å². The van der Waals surface area contributed by atoms with Gasteiger partial charge < -0.3 is 24.4 Å². The van der Waals surface area contributed by atoms with Gasteiger partial charge in [0, 0.05) is 13.6 Å². The van der Waals surface area contributed by atoms with Crippen LogP contribution in [-0.4, -0.2) is 37.9 Å². The number of nitrogens with zero attached hydrogens (tertiary/aromatic N) is 1. The Bertz CT molecular complexity index is 774. The second-order valence-corrected chi connectivity index (χ2v) is 6.04. The van der Waals surface area contributed by atoms with Gasteiger partial charge in [-0.25, -0.2) is 9.59 Å². The van der Waals surface area contributed by atoms with Gasteiger partial charge in [0.1, 0.15) is 4.88 Å². The molecule has 1 aromatic carbocycles. The number of amides is 2. The lowest BCUT2D eigenvalue weighted by molar-refractivity contribution is 0.0607. The normalized spacial score (nSPS) is 11.9. The molecule has 126 valence electrons. The number of ether oxygens (including phenoxy) is 3. The van der Waals surface area contributed by atoms with Crippen LogP contribution in [-0.2, 0) is 11.3 Å². The average molecular weight is 348 g/mol. The number of anilines is 1. The Morgan fingerprint density at radius 3 is 2.88 bits per heavy atom. The van der Waals surface area contributed by atoms with E-state index in [1.165, 1.54) is 23.3 Å². The fourth-order valence-corrected chi connectivity index (χ4v) is 3.02. The van der Waals surface area contributed by atoms with Crippen LogP contribution in [0.3, 0.4) is 0 Å². The number of fused-ring (bicyclic) bond motifs is 1. The number of benzene rings is 1. The van der Waals surface area contributed by atoms with Crippen molar-refractivity contribution in [2.75, 3.05) is 26.3 Å². The number of carbonyl (C=O) groups is 2. The van der Waals surface area contributed by atoms with Crippen LogP contribution in [0, 0.1) is 0 Å². The molecule has 0 fully saturated rings. The maximum Gasteiger partial charge on any atom is 0.350 e. The van der Waals surface area contributed by atoms with Crippen LogP contribution in [0.15, 0.2) is 29.6 Å². The quantitative estimate of drug-likeness (QED) is 0.860. The maximum atomic E-state index is 12.3. The number of hydrogen-bond donors (Lipinski definition) is 1. The molecule has 0 bridgehead atoms. The summed E-state index contributed by atoms with van der Waals surface area (Å²) < 4.78 is 15.3. The Balaban J connectivity index is 1.65. The van der Waals surface area contributed by atoms with Gasteiger partial charge in [0.25, 0.3) is 0 Å². The molecule has 3 rings (SSSR count). The number of esters is 1. The molecule has 1 aliphatic heterocycles. The number of thiophene rings is 1. The highest BCUT2D eigenvalue weighted by Gasteiger charge is 2.18. The van der Waals surface area contributed by atoms with Crippen LogP contribution in [0.1, 0.15) is 15.2 Å². The van der Waals surface area contributed by atoms with Crippen molar-refractivity contribution >= 4 is 29.0 Å². The predicted octanol–water partition coefficient (Wildman–Crippen LogP) is 2.93. The number of methoxy groups -OCH3 is 1. The van der Waals surface area contributed by atoms with Gasteiger partial charge in [0.2, 0.25) is 6.79 Å². The van der Waals surface area contributed by atoms with E-state index in [4.69, 9.17) is 14.2 Å². The molecule has 0 atom stereocenters. The third-order valence-corrected chi connectivity index (χ3v) is 4.38. The first-order chi connectivity index (χ1) is 11.6. The molecule has 8 heteroatoms. The van der Waals surface area contributed by atoms with E-state index in [1.54, 1.807) is 18.5 Å². The summed E-state index contributed by atoms with van der Waals surface area (Å²) in [5.74, 6) is 0.901. The second-order valence-electron chi connectivity index (χ2n) is 5.13. The number of carbonyl (C=O) groups excluding carboxylic acids is 2. The Labute approximate surface area is 142 Å². The highest BCUT2D eigenvalue weighted by Crippen LogP contribution is 2.32. The molecule has 0 spiro atoms. The average Bonchev–Trinajstić information content (AvgIpc) is 3.22. The van der Waals surface area contributed by atoms with Crippen molar-refractivity contribution in [3.63, 3.8) is 0 Å². The van der Waals surface area contributed by atoms with Gasteiger partial charge in [-0.2, -0.15) is 0 Å². The Hall–Kier alpha value is -2.74. The second kappa shape index (κ2) is 6.79. The van der Waals surface area contributed by atoms with Crippen LogP contribution < -0.4 is 14.8 Å². The summed E-state index contributed by atoms with van der Waals surface area (Å²) in [6, 6.07) is 6.88. The Morgan fingerprint density at radius 1 is 1.29 bits per heavy atom.